The molecular formula is C16H23N2NaO3. The molecule has 116 valence electrons. The Morgan fingerprint density at radius 2 is 1.14 bits per heavy atom. The number of benzene rings is 1. The summed E-state index contributed by atoms with van der Waals surface area (Å²) >= 11 is 0. The zero-order chi connectivity index (χ0) is 16.4. The molecule has 0 spiro atoms. The summed E-state index contributed by atoms with van der Waals surface area (Å²) in [5, 5.41) is 17.2. The van der Waals surface area contributed by atoms with Crippen molar-refractivity contribution in [3.05, 3.63) is 29.3 Å². The van der Waals surface area contributed by atoms with Gasteiger partial charge in [0.05, 0.1) is 0 Å². The van der Waals surface area contributed by atoms with E-state index in [1.165, 1.54) is 18.2 Å². The Labute approximate surface area is 154 Å². The zero-order valence-electron chi connectivity index (χ0n) is 14.5. The molecule has 22 heavy (non-hydrogen) atoms. The van der Waals surface area contributed by atoms with Crippen LogP contribution < -0.4 is 45.3 Å². The molecule has 0 bridgehead atoms. The van der Waals surface area contributed by atoms with E-state index in [-0.39, 0.29) is 58.2 Å². The molecule has 1 aromatic rings. The van der Waals surface area contributed by atoms with E-state index in [1.54, 1.807) is 0 Å². The fraction of sp³-hybridized carbons (Fsp3) is 0.500. The van der Waals surface area contributed by atoms with Crippen LogP contribution in [0.4, 0.5) is 0 Å². The monoisotopic (exact) mass is 314 g/mol. The van der Waals surface area contributed by atoms with Gasteiger partial charge in [-0.3, -0.25) is 9.59 Å². The van der Waals surface area contributed by atoms with Gasteiger partial charge in [0, 0.05) is 22.2 Å². The van der Waals surface area contributed by atoms with Crippen molar-refractivity contribution < 1.29 is 44.3 Å². The molecule has 0 atom stereocenters. The van der Waals surface area contributed by atoms with Crippen molar-refractivity contribution in [1.29, 1.82) is 0 Å². The topological polar surface area (TPSA) is 81.3 Å². The predicted molar refractivity (Wildman–Crippen MR) is 80.3 cm³/mol. The van der Waals surface area contributed by atoms with Gasteiger partial charge >= 0.3 is 29.6 Å². The third kappa shape index (κ3) is 7.29. The molecule has 0 aromatic heterocycles. The van der Waals surface area contributed by atoms with Crippen molar-refractivity contribution in [2.45, 2.75) is 52.6 Å². The third-order valence-corrected chi connectivity index (χ3v) is 2.41. The molecule has 0 saturated carbocycles. The molecular weight excluding hydrogens is 291 g/mol. The summed E-state index contributed by atoms with van der Waals surface area (Å²) in [7, 11) is 0. The van der Waals surface area contributed by atoms with Gasteiger partial charge in [0.1, 0.15) is 0 Å². The van der Waals surface area contributed by atoms with Crippen LogP contribution >= 0.6 is 0 Å². The van der Waals surface area contributed by atoms with Crippen LogP contribution in [-0.4, -0.2) is 22.9 Å². The number of hydrogen-bond acceptors (Lipinski definition) is 3. The summed E-state index contributed by atoms with van der Waals surface area (Å²) in [5.74, 6) is -1.11. The van der Waals surface area contributed by atoms with Gasteiger partial charge in [0.25, 0.3) is 11.8 Å². The van der Waals surface area contributed by atoms with E-state index < -0.39 is 11.1 Å². The number of amides is 2. The van der Waals surface area contributed by atoms with E-state index >= 15 is 0 Å². The third-order valence-electron chi connectivity index (χ3n) is 2.41. The summed E-state index contributed by atoms with van der Waals surface area (Å²) in [5.41, 5.74) is -0.443. The molecule has 0 aliphatic rings. The molecule has 2 amide bonds. The minimum Gasteiger partial charge on any atom is -0.872 e. The predicted octanol–water partition coefficient (Wildman–Crippen LogP) is -1.18. The van der Waals surface area contributed by atoms with Gasteiger partial charge in [-0.2, -0.15) is 0 Å². The van der Waals surface area contributed by atoms with Crippen LogP contribution in [0.15, 0.2) is 18.2 Å². The molecule has 0 radical (unpaired) electrons. The Kier molecular flexibility index (Phi) is 7.13. The number of carbonyl (C=O) groups excluding carboxylic acids is 2. The van der Waals surface area contributed by atoms with Gasteiger partial charge in [-0.25, -0.2) is 0 Å². The summed E-state index contributed by atoms with van der Waals surface area (Å²) in [4.78, 5) is 24.2. The van der Waals surface area contributed by atoms with Crippen LogP contribution in [0.25, 0.3) is 0 Å². The average Bonchev–Trinajstić information content (AvgIpc) is 2.23. The van der Waals surface area contributed by atoms with Crippen LogP contribution in [0.3, 0.4) is 0 Å². The summed E-state index contributed by atoms with van der Waals surface area (Å²) in [6.45, 7) is 11.1. The number of rotatable bonds is 2. The second-order valence-corrected chi connectivity index (χ2v) is 7.15. The van der Waals surface area contributed by atoms with Crippen molar-refractivity contribution in [2.24, 2.45) is 0 Å². The minimum absolute atomic E-state index is 0. The van der Waals surface area contributed by atoms with E-state index in [9.17, 15) is 14.7 Å². The largest absolute Gasteiger partial charge is 1.00 e. The molecule has 6 heteroatoms. The quantitative estimate of drug-likeness (QED) is 0.674. The number of carbonyl (C=O) groups is 2. The molecule has 1 rings (SSSR count). The van der Waals surface area contributed by atoms with Crippen LogP contribution in [0.2, 0.25) is 0 Å². The first-order chi connectivity index (χ1) is 9.37. The second kappa shape index (κ2) is 7.49. The van der Waals surface area contributed by atoms with E-state index in [2.05, 4.69) is 10.6 Å². The van der Waals surface area contributed by atoms with Crippen LogP contribution in [-0.2, 0) is 0 Å². The maximum absolute atomic E-state index is 12.1. The molecule has 1 aromatic carbocycles. The Morgan fingerprint density at radius 3 is 1.41 bits per heavy atom. The summed E-state index contributed by atoms with van der Waals surface area (Å²) < 4.78 is 0. The van der Waals surface area contributed by atoms with Gasteiger partial charge in [0.2, 0.25) is 0 Å². The summed E-state index contributed by atoms with van der Waals surface area (Å²) in [6, 6.07) is 3.90. The van der Waals surface area contributed by atoms with Gasteiger partial charge < -0.3 is 15.7 Å². The molecule has 5 nitrogen and oxygen atoms in total. The molecule has 0 heterocycles. The van der Waals surface area contributed by atoms with E-state index in [0.29, 0.717) is 0 Å². The molecule has 0 aliphatic carbocycles. The van der Waals surface area contributed by atoms with Crippen LogP contribution in [0.5, 0.6) is 5.75 Å². The first-order valence-corrected chi connectivity index (χ1v) is 6.84. The minimum atomic E-state index is -0.413. The van der Waals surface area contributed by atoms with Crippen molar-refractivity contribution >= 4 is 11.8 Å². The van der Waals surface area contributed by atoms with Crippen molar-refractivity contribution in [3.63, 3.8) is 0 Å². The fourth-order valence-electron chi connectivity index (χ4n) is 1.69. The normalized spacial score (nSPS) is 11.4. The Balaban J connectivity index is 0.00000441. The molecule has 0 unspecified atom stereocenters. The smallest absolute Gasteiger partial charge is 0.872 e. The molecule has 2 N–H and O–H groups in total. The summed E-state index contributed by atoms with van der Waals surface area (Å²) in [6.07, 6.45) is 0. The van der Waals surface area contributed by atoms with Crippen molar-refractivity contribution in [3.8, 4) is 5.75 Å². The molecule has 0 fully saturated rings. The second-order valence-electron chi connectivity index (χ2n) is 7.15. The number of hydrogen-bond donors (Lipinski definition) is 2. The maximum atomic E-state index is 12.1. The molecule has 0 aliphatic heterocycles. The Bertz CT molecular complexity index is 511. The van der Waals surface area contributed by atoms with Crippen molar-refractivity contribution in [1.82, 2.24) is 10.6 Å². The van der Waals surface area contributed by atoms with Crippen molar-refractivity contribution in [2.75, 3.05) is 0 Å². The van der Waals surface area contributed by atoms with E-state index in [0.717, 1.165) is 0 Å². The molecule has 0 saturated heterocycles. The van der Waals surface area contributed by atoms with Gasteiger partial charge in [-0.05, 0) is 47.6 Å². The Hall–Kier alpha value is -1.04. The SMILES string of the molecule is CC(C)(C)NC(=O)c1cc([O-])cc(C(=O)NC(C)(C)C)c1.[Na+]. The van der Waals surface area contributed by atoms with Gasteiger partial charge in [-0.1, -0.05) is 12.1 Å². The standard InChI is InChI=1S/C16H24N2O3.Na/c1-15(2,3)17-13(20)10-7-11(9-12(19)8-10)14(21)18-16(4,5)6;/h7-9,19H,1-6H3,(H,17,20)(H,18,21);/q;+1/p-1. The average molecular weight is 314 g/mol. The van der Waals surface area contributed by atoms with Gasteiger partial charge in [0.15, 0.2) is 0 Å². The number of nitrogens with one attached hydrogen (secondary N) is 2. The van der Waals surface area contributed by atoms with Gasteiger partial charge in [-0.15, -0.1) is 5.75 Å². The zero-order valence-corrected chi connectivity index (χ0v) is 16.5. The maximum Gasteiger partial charge on any atom is 1.00 e. The first-order valence-electron chi connectivity index (χ1n) is 6.84. The van der Waals surface area contributed by atoms with Crippen LogP contribution in [0, 0.1) is 0 Å². The van der Waals surface area contributed by atoms with Crippen LogP contribution in [0.1, 0.15) is 62.3 Å². The van der Waals surface area contributed by atoms with E-state index in [1.807, 2.05) is 41.5 Å². The Morgan fingerprint density at radius 1 is 0.818 bits per heavy atom. The van der Waals surface area contributed by atoms with E-state index in [4.69, 9.17) is 0 Å². The first kappa shape index (κ1) is 21.0. The fourth-order valence-corrected chi connectivity index (χ4v) is 1.69.